The number of para-hydroxylation sites is 2. The number of nitrogens with zero attached hydrogens (tertiary/aromatic N) is 2. The normalized spacial score (nSPS) is 15.8. The summed E-state index contributed by atoms with van der Waals surface area (Å²) in [6.45, 7) is 0. The first-order chi connectivity index (χ1) is 28.2. The van der Waals surface area contributed by atoms with E-state index in [2.05, 4.69) is 223 Å². The zero-order chi connectivity index (χ0) is 38.0. The number of allylic oxidation sites excluding steroid dienone is 3. The maximum absolute atomic E-state index is 5.32. The topological polar surface area (TPSA) is 17.3 Å². The predicted molar refractivity (Wildman–Crippen MR) is 242 cm³/mol. The number of benzene rings is 8. The number of hydrogen-bond donors (Lipinski definition) is 0. The molecule has 8 aromatic carbocycles. The summed E-state index contributed by atoms with van der Waals surface area (Å²) in [7, 11) is 0. The quantitative estimate of drug-likeness (QED) is 0.155. The average Bonchev–Trinajstić information content (AvgIpc) is 3.62. The number of fused-ring (bicyclic) bond motifs is 3. The molecule has 0 N–H and O–H groups in total. The van der Waals surface area contributed by atoms with E-state index in [9.17, 15) is 0 Å². The lowest BCUT2D eigenvalue weighted by Crippen LogP contribution is -2.02. The molecule has 0 saturated carbocycles. The van der Waals surface area contributed by atoms with Crippen molar-refractivity contribution in [1.29, 1.82) is 0 Å². The van der Waals surface area contributed by atoms with E-state index in [0.717, 1.165) is 41.1 Å². The van der Waals surface area contributed by atoms with Gasteiger partial charge in [0.2, 0.25) is 0 Å². The molecule has 9 aromatic rings. The average molecular weight is 729 g/mol. The van der Waals surface area contributed by atoms with E-state index in [4.69, 9.17) is 4.99 Å². The molecule has 0 atom stereocenters. The molecule has 1 aromatic heterocycles. The molecule has 0 bridgehead atoms. The molecule has 2 heterocycles. The highest BCUT2D eigenvalue weighted by atomic mass is 15.0. The fraction of sp³-hybridized carbons (Fsp3) is 0.0364. The largest absolute Gasteiger partial charge is 0.309 e. The molecule has 0 fully saturated rings. The Bertz CT molecular complexity index is 2900. The number of aromatic nitrogens is 1. The molecule has 0 amide bonds. The van der Waals surface area contributed by atoms with Crippen LogP contribution in [0.1, 0.15) is 29.5 Å². The van der Waals surface area contributed by atoms with Crippen LogP contribution in [0.2, 0.25) is 0 Å². The first-order valence-electron chi connectivity index (χ1n) is 19.8. The third-order valence-corrected chi connectivity index (χ3v) is 11.1. The smallest absolute Gasteiger partial charge is 0.0712 e. The lowest BCUT2D eigenvalue weighted by molar-refractivity contribution is 1.06. The monoisotopic (exact) mass is 728 g/mol. The minimum absolute atomic E-state index is 0.918. The minimum atomic E-state index is 0.918. The fourth-order valence-electron chi connectivity index (χ4n) is 8.22. The second-order valence-electron chi connectivity index (χ2n) is 14.7. The molecular formula is C55H40N2. The Kier molecular flexibility index (Phi) is 9.06. The summed E-state index contributed by atoms with van der Waals surface area (Å²) in [5.74, 6) is 0. The van der Waals surface area contributed by atoms with Gasteiger partial charge < -0.3 is 4.57 Å². The second kappa shape index (κ2) is 15.1. The van der Waals surface area contributed by atoms with Crippen LogP contribution in [0, 0.1) is 0 Å². The van der Waals surface area contributed by atoms with Crippen LogP contribution in [-0.4, -0.2) is 10.3 Å². The van der Waals surface area contributed by atoms with E-state index in [-0.39, 0.29) is 0 Å². The zero-order valence-corrected chi connectivity index (χ0v) is 31.6. The summed E-state index contributed by atoms with van der Waals surface area (Å²) in [6, 6.07) is 74.2. The zero-order valence-electron chi connectivity index (χ0n) is 31.6. The number of rotatable bonds is 7. The van der Waals surface area contributed by atoms with E-state index in [1.807, 2.05) is 0 Å². The molecule has 270 valence electrons. The summed E-state index contributed by atoms with van der Waals surface area (Å²) in [6.07, 6.45) is 6.44. The van der Waals surface area contributed by atoms with Crippen molar-refractivity contribution in [3.8, 4) is 39.1 Å². The molecule has 0 unspecified atom stereocenters. The highest BCUT2D eigenvalue weighted by Crippen LogP contribution is 2.36. The Balaban J connectivity index is 1.01. The van der Waals surface area contributed by atoms with Crippen molar-refractivity contribution in [2.45, 2.75) is 12.8 Å². The van der Waals surface area contributed by atoms with E-state index >= 15 is 0 Å². The van der Waals surface area contributed by atoms with Crippen molar-refractivity contribution in [1.82, 2.24) is 4.57 Å². The number of hydrogen-bond acceptors (Lipinski definition) is 1. The third kappa shape index (κ3) is 6.83. The highest BCUT2D eigenvalue weighted by Gasteiger charge is 2.15. The lowest BCUT2D eigenvalue weighted by atomic mass is 9.92. The lowest BCUT2D eigenvalue weighted by Gasteiger charge is -2.15. The van der Waals surface area contributed by atoms with Gasteiger partial charge >= 0.3 is 0 Å². The summed E-state index contributed by atoms with van der Waals surface area (Å²) in [5.41, 5.74) is 17.5. The van der Waals surface area contributed by atoms with Crippen molar-refractivity contribution in [3.05, 3.63) is 235 Å². The Morgan fingerprint density at radius 3 is 1.37 bits per heavy atom. The summed E-state index contributed by atoms with van der Waals surface area (Å²) in [5, 5.41) is 2.54. The maximum Gasteiger partial charge on any atom is 0.0712 e. The predicted octanol–water partition coefficient (Wildman–Crippen LogP) is 14.5. The van der Waals surface area contributed by atoms with Crippen LogP contribution in [-0.2, 0) is 0 Å². The highest BCUT2D eigenvalue weighted by molar-refractivity contribution is 6.14. The molecule has 2 heteroatoms. The Morgan fingerprint density at radius 1 is 0.368 bits per heavy atom. The van der Waals surface area contributed by atoms with E-state index in [1.165, 1.54) is 66.3 Å². The second-order valence-corrected chi connectivity index (χ2v) is 14.7. The molecule has 0 saturated heterocycles. The summed E-state index contributed by atoms with van der Waals surface area (Å²) in [4.78, 5) is 5.32. The van der Waals surface area contributed by atoms with Gasteiger partial charge in [-0.05, 0) is 111 Å². The minimum Gasteiger partial charge on any atom is -0.309 e. The summed E-state index contributed by atoms with van der Waals surface area (Å²) >= 11 is 0. The number of aliphatic imine (C=N–C) groups is 1. The van der Waals surface area contributed by atoms with Gasteiger partial charge in [0, 0.05) is 22.0 Å². The SMILES string of the molecule is C1=C(c2ccc(-c3cc(-c4ccccc4)cc(-c4ccc(-n5c6ccccc6c6ccccc65)cc4)c3)cc2)/N=C(c2ccccc2)\C=C(\c2ccccc2)CC\1. The van der Waals surface area contributed by atoms with Crippen molar-refractivity contribution in [2.24, 2.45) is 4.99 Å². The molecule has 0 spiro atoms. The Morgan fingerprint density at radius 2 is 0.807 bits per heavy atom. The van der Waals surface area contributed by atoms with Gasteiger partial charge in [-0.3, -0.25) is 0 Å². The van der Waals surface area contributed by atoms with Gasteiger partial charge in [-0.15, -0.1) is 0 Å². The Hall–Kier alpha value is -7.29. The molecule has 1 aliphatic rings. The van der Waals surface area contributed by atoms with Crippen LogP contribution in [0.25, 0.3) is 72.1 Å². The van der Waals surface area contributed by atoms with Gasteiger partial charge in [-0.2, -0.15) is 0 Å². The van der Waals surface area contributed by atoms with Crippen LogP contribution in [0.3, 0.4) is 0 Å². The molecule has 0 aliphatic carbocycles. The van der Waals surface area contributed by atoms with Crippen molar-refractivity contribution < 1.29 is 0 Å². The first-order valence-corrected chi connectivity index (χ1v) is 19.8. The van der Waals surface area contributed by atoms with Gasteiger partial charge in [0.15, 0.2) is 0 Å². The van der Waals surface area contributed by atoms with E-state index in [1.54, 1.807) is 0 Å². The maximum atomic E-state index is 5.32. The standard InChI is InChI=1S/C55H40N2/c1-4-15-39(16-5-1)45-21-14-24-52(56-53(38-45)43-19-8-3-9-20-43)44-29-27-41(28-30-44)47-35-46(40-17-6-2-7-18-40)36-48(37-47)42-31-33-49(34-32-42)57-54-25-12-10-22-50(54)51-23-11-13-26-55(51)57/h1-13,15-20,22-38H,14,21H2/b45-38+,52-24-,56-53+. The van der Waals surface area contributed by atoms with Crippen LogP contribution in [0.15, 0.2) is 223 Å². The molecule has 2 nitrogen and oxygen atoms in total. The fourth-order valence-corrected chi connectivity index (χ4v) is 8.22. The summed E-state index contributed by atoms with van der Waals surface area (Å²) < 4.78 is 2.37. The first kappa shape index (κ1) is 34.2. The molecule has 0 radical (unpaired) electrons. The third-order valence-electron chi connectivity index (χ3n) is 11.1. The van der Waals surface area contributed by atoms with Gasteiger partial charge in [-0.25, -0.2) is 4.99 Å². The van der Waals surface area contributed by atoms with Crippen LogP contribution in [0.4, 0.5) is 0 Å². The van der Waals surface area contributed by atoms with Gasteiger partial charge in [-0.1, -0.05) is 170 Å². The van der Waals surface area contributed by atoms with Gasteiger partial charge in [0.05, 0.1) is 22.4 Å². The van der Waals surface area contributed by atoms with Crippen LogP contribution in [0.5, 0.6) is 0 Å². The van der Waals surface area contributed by atoms with Crippen LogP contribution < -0.4 is 0 Å². The van der Waals surface area contributed by atoms with Crippen molar-refractivity contribution in [2.75, 3.05) is 0 Å². The molecular weight excluding hydrogens is 689 g/mol. The molecule has 1 aliphatic heterocycles. The van der Waals surface area contributed by atoms with Crippen molar-refractivity contribution >= 4 is 38.8 Å². The van der Waals surface area contributed by atoms with Gasteiger partial charge in [0.1, 0.15) is 0 Å². The van der Waals surface area contributed by atoms with Crippen LogP contribution >= 0.6 is 0 Å². The van der Waals surface area contributed by atoms with Crippen molar-refractivity contribution in [3.63, 3.8) is 0 Å². The molecule has 57 heavy (non-hydrogen) atoms. The van der Waals surface area contributed by atoms with E-state index < -0.39 is 0 Å². The molecule has 10 rings (SSSR count). The van der Waals surface area contributed by atoms with E-state index in [0.29, 0.717) is 0 Å². The van der Waals surface area contributed by atoms with Gasteiger partial charge in [0.25, 0.3) is 0 Å². The Labute approximate surface area is 334 Å².